The number of hydrogen-bond acceptors (Lipinski definition) is 3. The highest BCUT2D eigenvalue weighted by molar-refractivity contribution is 6.32. The predicted octanol–water partition coefficient (Wildman–Crippen LogP) is 2.75. The maximum atomic E-state index is 14.5. The SMILES string of the molecule is Bc1cccc(-c2cc(C)c(CN(C)CC(CCC=C)NC)c(C)n2)c1F. The molecule has 144 valence electrons. The Morgan fingerprint density at radius 3 is 2.74 bits per heavy atom. The van der Waals surface area contributed by atoms with Crippen LogP contribution in [0.3, 0.4) is 0 Å². The van der Waals surface area contributed by atoms with Crippen LogP contribution in [0.4, 0.5) is 4.39 Å². The summed E-state index contributed by atoms with van der Waals surface area (Å²) in [5.41, 5.74) is 5.25. The molecule has 0 amide bonds. The van der Waals surface area contributed by atoms with Crippen LogP contribution in [0.2, 0.25) is 0 Å². The van der Waals surface area contributed by atoms with Crippen LogP contribution in [-0.2, 0) is 6.54 Å². The van der Waals surface area contributed by atoms with Gasteiger partial charge >= 0.3 is 0 Å². The first-order valence-electron chi connectivity index (χ1n) is 9.56. The van der Waals surface area contributed by atoms with Gasteiger partial charge in [0.2, 0.25) is 0 Å². The van der Waals surface area contributed by atoms with Crippen molar-refractivity contribution in [3.05, 3.63) is 59.6 Å². The summed E-state index contributed by atoms with van der Waals surface area (Å²) < 4.78 is 14.5. The molecule has 0 saturated carbocycles. The van der Waals surface area contributed by atoms with E-state index in [1.54, 1.807) is 20.0 Å². The second-order valence-corrected chi connectivity index (χ2v) is 7.37. The molecule has 5 heteroatoms. The number of halogens is 1. The number of hydrogen-bond donors (Lipinski definition) is 1. The highest BCUT2D eigenvalue weighted by atomic mass is 19.1. The van der Waals surface area contributed by atoms with Crippen molar-refractivity contribution >= 4 is 13.3 Å². The number of likely N-dealkylation sites (N-methyl/N-ethyl adjacent to an activating group) is 2. The molecule has 2 aromatic rings. The summed E-state index contributed by atoms with van der Waals surface area (Å²) in [5, 5.41) is 3.38. The summed E-state index contributed by atoms with van der Waals surface area (Å²) in [5.74, 6) is -0.187. The minimum absolute atomic E-state index is 0.187. The van der Waals surface area contributed by atoms with E-state index in [0.29, 0.717) is 22.8 Å². The molecular formula is C22H31BFN3. The van der Waals surface area contributed by atoms with Gasteiger partial charge in [-0.1, -0.05) is 23.7 Å². The smallest absolute Gasteiger partial charge is 0.143 e. The number of pyridine rings is 1. The van der Waals surface area contributed by atoms with Gasteiger partial charge in [-0.15, -0.1) is 6.58 Å². The monoisotopic (exact) mass is 367 g/mol. The van der Waals surface area contributed by atoms with Gasteiger partial charge in [-0.25, -0.2) is 4.39 Å². The molecule has 3 nitrogen and oxygen atoms in total. The van der Waals surface area contributed by atoms with Crippen LogP contribution in [0.25, 0.3) is 11.3 Å². The third kappa shape index (κ3) is 5.50. The van der Waals surface area contributed by atoms with E-state index in [1.165, 1.54) is 5.56 Å². The zero-order valence-electron chi connectivity index (χ0n) is 17.3. The van der Waals surface area contributed by atoms with Gasteiger partial charge in [-0.3, -0.25) is 4.98 Å². The highest BCUT2D eigenvalue weighted by Crippen LogP contribution is 2.24. The summed E-state index contributed by atoms with van der Waals surface area (Å²) >= 11 is 0. The van der Waals surface area contributed by atoms with E-state index in [2.05, 4.69) is 30.8 Å². The first-order chi connectivity index (χ1) is 12.9. The van der Waals surface area contributed by atoms with Crippen LogP contribution >= 0.6 is 0 Å². The van der Waals surface area contributed by atoms with Crippen molar-refractivity contribution in [1.29, 1.82) is 0 Å². The molecule has 0 aliphatic heterocycles. The third-order valence-corrected chi connectivity index (χ3v) is 5.11. The predicted molar refractivity (Wildman–Crippen MR) is 116 cm³/mol. The summed E-state index contributed by atoms with van der Waals surface area (Å²) in [6.45, 7) is 9.69. The van der Waals surface area contributed by atoms with E-state index < -0.39 is 0 Å². The molecular weight excluding hydrogens is 336 g/mol. The Morgan fingerprint density at radius 1 is 1.37 bits per heavy atom. The van der Waals surface area contributed by atoms with Gasteiger partial charge in [0, 0.05) is 30.4 Å². The molecule has 1 aromatic carbocycles. The van der Waals surface area contributed by atoms with E-state index in [9.17, 15) is 4.39 Å². The van der Waals surface area contributed by atoms with Gasteiger partial charge in [-0.2, -0.15) is 0 Å². The van der Waals surface area contributed by atoms with Crippen LogP contribution in [0.1, 0.15) is 29.7 Å². The molecule has 27 heavy (non-hydrogen) atoms. The lowest BCUT2D eigenvalue weighted by molar-refractivity contribution is 0.280. The maximum absolute atomic E-state index is 14.5. The fourth-order valence-corrected chi connectivity index (χ4v) is 3.44. The van der Waals surface area contributed by atoms with Crippen molar-refractivity contribution in [2.75, 3.05) is 20.6 Å². The Morgan fingerprint density at radius 2 is 2.11 bits per heavy atom. The molecule has 0 fully saturated rings. The van der Waals surface area contributed by atoms with Gasteiger partial charge in [0.25, 0.3) is 0 Å². The lowest BCUT2D eigenvalue weighted by Crippen LogP contribution is -2.37. The van der Waals surface area contributed by atoms with Crippen molar-refractivity contribution < 1.29 is 4.39 Å². The average Bonchev–Trinajstić information content (AvgIpc) is 2.63. The number of nitrogens with zero attached hydrogens (tertiary/aromatic N) is 2. The Bertz CT molecular complexity index is 768. The molecule has 1 aromatic heterocycles. The molecule has 1 unspecified atom stereocenters. The fourth-order valence-electron chi connectivity index (χ4n) is 3.44. The minimum atomic E-state index is -0.187. The van der Waals surface area contributed by atoms with Crippen molar-refractivity contribution in [2.45, 2.75) is 39.3 Å². The summed E-state index contributed by atoms with van der Waals surface area (Å²) in [7, 11) is 5.92. The van der Waals surface area contributed by atoms with Crippen LogP contribution in [0.15, 0.2) is 36.9 Å². The standard InChI is InChI=1S/C22H31BFN3/c1-6-7-9-17(25-4)13-27(5)14-19-15(2)12-21(26-16(19)3)18-10-8-11-20(23)22(18)24/h6,8,10-12,17,25H,1,7,9,13-14,23H2,2-5H3. The summed E-state index contributed by atoms with van der Waals surface area (Å²) in [4.78, 5) is 7.03. The molecule has 1 N–H and O–H groups in total. The van der Waals surface area contributed by atoms with E-state index in [-0.39, 0.29) is 5.82 Å². The molecule has 0 bridgehead atoms. The van der Waals surface area contributed by atoms with Gasteiger partial charge in [0.1, 0.15) is 13.7 Å². The second kappa shape index (κ2) is 9.81. The normalized spacial score (nSPS) is 12.4. The number of benzene rings is 1. The van der Waals surface area contributed by atoms with Crippen molar-refractivity contribution in [3.8, 4) is 11.3 Å². The lowest BCUT2D eigenvalue weighted by Gasteiger charge is -2.25. The van der Waals surface area contributed by atoms with Gasteiger partial charge in [-0.05, 0) is 64.0 Å². The molecule has 0 spiro atoms. The average molecular weight is 367 g/mol. The largest absolute Gasteiger partial charge is 0.316 e. The summed E-state index contributed by atoms with van der Waals surface area (Å²) in [6, 6.07) is 7.89. The van der Waals surface area contributed by atoms with Gasteiger partial charge in [0.05, 0.1) is 5.69 Å². The number of rotatable bonds is 9. The van der Waals surface area contributed by atoms with Crippen molar-refractivity contribution in [2.24, 2.45) is 0 Å². The molecule has 1 atom stereocenters. The Balaban J connectivity index is 2.19. The Hall–Kier alpha value is -1.98. The van der Waals surface area contributed by atoms with E-state index in [1.807, 2.05) is 32.2 Å². The van der Waals surface area contributed by atoms with Crippen molar-refractivity contribution in [3.63, 3.8) is 0 Å². The number of aromatic nitrogens is 1. The van der Waals surface area contributed by atoms with Crippen LogP contribution < -0.4 is 10.8 Å². The fraction of sp³-hybridized carbons (Fsp3) is 0.409. The maximum Gasteiger partial charge on any atom is 0.143 e. The van der Waals surface area contributed by atoms with Crippen LogP contribution in [-0.4, -0.2) is 44.4 Å². The highest BCUT2D eigenvalue weighted by Gasteiger charge is 2.15. The van der Waals surface area contributed by atoms with Crippen molar-refractivity contribution in [1.82, 2.24) is 15.2 Å². The van der Waals surface area contributed by atoms with Gasteiger partial charge < -0.3 is 10.2 Å². The number of nitrogens with one attached hydrogen (secondary N) is 1. The molecule has 0 radical (unpaired) electrons. The van der Waals surface area contributed by atoms with Crippen LogP contribution in [0, 0.1) is 19.7 Å². The number of aryl methyl sites for hydroxylation is 2. The second-order valence-electron chi connectivity index (χ2n) is 7.37. The molecule has 2 rings (SSSR count). The summed E-state index contributed by atoms with van der Waals surface area (Å²) in [6.07, 6.45) is 4.05. The zero-order chi connectivity index (χ0) is 20.0. The van der Waals surface area contributed by atoms with Crippen LogP contribution in [0.5, 0.6) is 0 Å². The quantitative estimate of drug-likeness (QED) is 0.546. The Labute approximate surface area is 164 Å². The van der Waals surface area contributed by atoms with E-state index >= 15 is 0 Å². The lowest BCUT2D eigenvalue weighted by atomic mass is 9.92. The topological polar surface area (TPSA) is 28.2 Å². The third-order valence-electron chi connectivity index (χ3n) is 5.11. The molecule has 1 heterocycles. The Kier molecular flexibility index (Phi) is 7.75. The molecule has 0 aliphatic rings. The first kappa shape index (κ1) is 21.3. The minimum Gasteiger partial charge on any atom is -0.316 e. The van der Waals surface area contributed by atoms with Gasteiger partial charge in [0.15, 0.2) is 0 Å². The zero-order valence-corrected chi connectivity index (χ0v) is 17.3. The first-order valence-corrected chi connectivity index (χ1v) is 9.56. The molecule has 0 aliphatic carbocycles. The number of allylic oxidation sites excluding steroid dienone is 1. The van der Waals surface area contributed by atoms with E-state index in [4.69, 9.17) is 4.98 Å². The van der Waals surface area contributed by atoms with E-state index in [0.717, 1.165) is 37.2 Å². The molecule has 0 saturated heterocycles.